The molecule has 6 heteroatoms. The van der Waals surface area contributed by atoms with Crippen molar-refractivity contribution in [2.75, 3.05) is 26.8 Å². The lowest BCUT2D eigenvalue weighted by Crippen LogP contribution is -2.31. The molecule has 0 atom stereocenters. The molecule has 5 nitrogen and oxygen atoms in total. The van der Waals surface area contributed by atoms with Crippen molar-refractivity contribution in [1.82, 2.24) is 9.88 Å². The fourth-order valence-corrected chi connectivity index (χ4v) is 2.07. The molecule has 0 N–H and O–H groups in total. The zero-order valence-electron chi connectivity index (χ0n) is 13.2. The molecule has 1 heterocycles. The number of carbonyl (C=O) groups excluding carboxylic acids is 1. The van der Waals surface area contributed by atoms with Crippen LogP contribution in [0.25, 0.3) is 0 Å². The van der Waals surface area contributed by atoms with Gasteiger partial charge in [0, 0.05) is 18.3 Å². The minimum Gasteiger partial charge on any atom is -0.492 e. The zero-order valence-corrected chi connectivity index (χ0v) is 13.9. The Balaban J connectivity index is 1.91. The van der Waals surface area contributed by atoms with Crippen LogP contribution < -0.4 is 9.47 Å². The average molecular weight is 335 g/mol. The van der Waals surface area contributed by atoms with E-state index in [0.29, 0.717) is 42.0 Å². The highest BCUT2D eigenvalue weighted by atomic mass is 35.5. The Kier molecular flexibility index (Phi) is 6.23. The van der Waals surface area contributed by atoms with Gasteiger partial charge in [-0.25, -0.2) is 4.98 Å². The van der Waals surface area contributed by atoms with Crippen molar-refractivity contribution in [2.45, 2.75) is 6.92 Å². The Morgan fingerprint density at radius 1 is 1.22 bits per heavy atom. The van der Waals surface area contributed by atoms with Crippen molar-refractivity contribution in [1.29, 1.82) is 0 Å². The molecular formula is C17H19ClN2O3. The first-order valence-electron chi connectivity index (χ1n) is 7.33. The summed E-state index contributed by atoms with van der Waals surface area (Å²) in [5.74, 6) is 0.915. The first-order chi connectivity index (χ1) is 11.1. The van der Waals surface area contributed by atoms with Crippen LogP contribution in [-0.2, 0) is 0 Å². The monoisotopic (exact) mass is 334 g/mol. The molecule has 1 amide bonds. The van der Waals surface area contributed by atoms with Gasteiger partial charge in [-0.1, -0.05) is 11.6 Å². The molecule has 0 saturated heterocycles. The highest BCUT2D eigenvalue weighted by Crippen LogP contribution is 2.17. The summed E-state index contributed by atoms with van der Waals surface area (Å²) < 4.78 is 11.0. The van der Waals surface area contributed by atoms with Crippen LogP contribution in [0.4, 0.5) is 0 Å². The van der Waals surface area contributed by atoms with Crippen LogP contribution in [0.5, 0.6) is 11.6 Å². The van der Waals surface area contributed by atoms with Crippen LogP contribution in [-0.4, -0.2) is 42.6 Å². The van der Waals surface area contributed by atoms with Gasteiger partial charge in [0.05, 0.1) is 13.2 Å². The Hall–Kier alpha value is -2.27. The summed E-state index contributed by atoms with van der Waals surface area (Å²) in [7, 11) is 1.72. The number of amides is 1. The second kappa shape index (κ2) is 8.39. The van der Waals surface area contributed by atoms with E-state index in [1.165, 1.54) is 0 Å². The predicted octanol–water partition coefficient (Wildman–Crippen LogP) is 3.28. The number of hydrogen-bond donors (Lipinski definition) is 0. The summed E-state index contributed by atoms with van der Waals surface area (Å²) >= 11 is 5.82. The first-order valence-corrected chi connectivity index (χ1v) is 7.71. The lowest BCUT2D eigenvalue weighted by atomic mass is 10.2. The molecule has 1 aromatic heterocycles. The van der Waals surface area contributed by atoms with Gasteiger partial charge in [0.1, 0.15) is 17.9 Å². The summed E-state index contributed by atoms with van der Waals surface area (Å²) in [5, 5.41) is 0.657. The summed E-state index contributed by atoms with van der Waals surface area (Å²) in [6.45, 7) is 3.14. The van der Waals surface area contributed by atoms with Crippen LogP contribution in [0.3, 0.4) is 0 Å². The maximum absolute atomic E-state index is 12.5. The normalized spacial score (nSPS) is 10.2. The summed E-state index contributed by atoms with van der Waals surface area (Å²) in [6.07, 6.45) is 1.60. The van der Waals surface area contributed by atoms with Gasteiger partial charge in [0.2, 0.25) is 5.88 Å². The number of hydrogen-bond acceptors (Lipinski definition) is 4. The molecule has 23 heavy (non-hydrogen) atoms. The van der Waals surface area contributed by atoms with Gasteiger partial charge in [-0.15, -0.1) is 0 Å². The number of halogens is 1. The van der Waals surface area contributed by atoms with E-state index in [2.05, 4.69) is 4.98 Å². The van der Waals surface area contributed by atoms with Crippen LogP contribution in [0.2, 0.25) is 5.02 Å². The van der Waals surface area contributed by atoms with E-state index in [0.717, 1.165) is 0 Å². The second-order valence-electron chi connectivity index (χ2n) is 4.82. The molecule has 2 rings (SSSR count). The number of likely N-dealkylation sites (N-methyl/N-ethyl adjacent to an activating group) is 1. The van der Waals surface area contributed by atoms with Crippen molar-refractivity contribution >= 4 is 17.5 Å². The SMILES string of the molecule is CCOc1ncccc1C(=O)N(C)CCOc1ccc(Cl)cc1. The van der Waals surface area contributed by atoms with E-state index in [1.54, 1.807) is 54.5 Å². The summed E-state index contributed by atoms with van der Waals surface area (Å²) in [6, 6.07) is 10.5. The summed E-state index contributed by atoms with van der Waals surface area (Å²) in [4.78, 5) is 18.1. The molecule has 0 bridgehead atoms. The molecule has 0 aliphatic heterocycles. The number of rotatable bonds is 7. The van der Waals surface area contributed by atoms with E-state index in [1.807, 2.05) is 6.92 Å². The Labute approximate surface area is 140 Å². The smallest absolute Gasteiger partial charge is 0.259 e. The number of benzene rings is 1. The number of carbonyl (C=O) groups is 1. The maximum Gasteiger partial charge on any atom is 0.259 e. The van der Waals surface area contributed by atoms with Crippen molar-refractivity contribution in [3.63, 3.8) is 0 Å². The van der Waals surface area contributed by atoms with Gasteiger partial charge in [0.25, 0.3) is 5.91 Å². The van der Waals surface area contributed by atoms with E-state index < -0.39 is 0 Å². The fraction of sp³-hybridized carbons (Fsp3) is 0.294. The highest BCUT2D eigenvalue weighted by molar-refractivity contribution is 6.30. The van der Waals surface area contributed by atoms with E-state index in [-0.39, 0.29) is 5.91 Å². The predicted molar refractivity (Wildman–Crippen MR) is 89.3 cm³/mol. The molecule has 0 unspecified atom stereocenters. The highest BCUT2D eigenvalue weighted by Gasteiger charge is 2.17. The minimum absolute atomic E-state index is 0.152. The lowest BCUT2D eigenvalue weighted by molar-refractivity contribution is 0.0768. The van der Waals surface area contributed by atoms with E-state index in [4.69, 9.17) is 21.1 Å². The van der Waals surface area contributed by atoms with Crippen LogP contribution in [0, 0.1) is 0 Å². The number of pyridine rings is 1. The maximum atomic E-state index is 12.5. The minimum atomic E-state index is -0.152. The standard InChI is InChI=1S/C17H19ClN2O3/c1-3-22-16-15(5-4-10-19-16)17(21)20(2)11-12-23-14-8-6-13(18)7-9-14/h4-10H,3,11-12H2,1-2H3. The topological polar surface area (TPSA) is 51.7 Å². The molecule has 0 radical (unpaired) electrons. The lowest BCUT2D eigenvalue weighted by Gasteiger charge is -2.18. The second-order valence-corrected chi connectivity index (χ2v) is 5.25. The average Bonchev–Trinajstić information content (AvgIpc) is 2.57. The quantitative estimate of drug-likeness (QED) is 0.779. The number of ether oxygens (including phenoxy) is 2. The van der Waals surface area contributed by atoms with Crippen LogP contribution >= 0.6 is 11.6 Å². The molecule has 2 aromatic rings. The Morgan fingerprint density at radius 3 is 2.65 bits per heavy atom. The summed E-state index contributed by atoms with van der Waals surface area (Å²) in [5.41, 5.74) is 0.448. The molecule has 0 fully saturated rings. The molecule has 0 aliphatic carbocycles. The van der Waals surface area contributed by atoms with Gasteiger partial charge >= 0.3 is 0 Å². The Morgan fingerprint density at radius 2 is 1.96 bits per heavy atom. The largest absolute Gasteiger partial charge is 0.492 e. The van der Waals surface area contributed by atoms with Crippen molar-refractivity contribution in [3.8, 4) is 11.6 Å². The third-order valence-electron chi connectivity index (χ3n) is 3.14. The molecule has 0 saturated carbocycles. The van der Waals surface area contributed by atoms with Crippen molar-refractivity contribution in [2.24, 2.45) is 0 Å². The van der Waals surface area contributed by atoms with E-state index >= 15 is 0 Å². The van der Waals surface area contributed by atoms with Gasteiger partial charge < -0.3 is 14.4 Å². The van der Waals surface area contributed by atoms with E-state index in [9.17, 15) is 4.79 Å². The van der Waals surface area contributed by atoms with Crippen molar-refractivity contribution in [3.05, 3.63) is 53.2 Å². The third kappa shape index (κ3) is 4.86. The van der Waals surface area contributed by atoms with Crippen LogP contribution in [0.15, 0.2) is 42.6 Å². The van der Waals surface area contributed by atoms with Gasteiger partial charge in [-0.2, -0.15) is 0 Å². The van der Waals surface area contributed by atoms with Crippen molar-refractivity contribution < 1.29 is 14.3 Å². The van der Waals surface area contributed by atoms with Gasteiger partial charge in [-0.3, -0.25) is 4.79 Å². The third-order valence-corrected chi connectivity index (χ3v) is 3.39. The molecule has 0 aliphatic rings. The van der Waals surface area contributed by atoms with Crippen LogP contribution in [0.1, 0.15) is 17.3 Å². The zero-order chi connectivity index (χ0) is 16.7. The molecule has 1 aromatic carbocycles. The molecule has 122 valence electrons. The van der Waals surface area contributed by atoms with Gasteiger partial charge in [-0.05, 0) is 43.3 Å². The Bertz CT molecular complexity index is 647. The fourth-order valence-electron chi connectivity index (χ4n) is 1.94. The first kappa shape index (κ1) is 17.1. The number of aromatic nitrogens is 1. The number of nitrogens with zero attached hydrogens (tertiary/aromatic N) is 2. The van der Waals surface area contributed by atoms with Gasteiger partial charge in [0.15, 0.2) is 0 Å². The molecule has 0 spiro atoms. The molecular weight excluding hydrogens is 316 g/mol.